The number of nitrogens with zero attached hydrogens (tertiary/aromatic N) is 1. The van der Waals surface area contributed by atoms with Gasteiger partial charge in [-0.2, -0.15) is 5.26 Å². The lowest BCUT2D eigenvalue weighted by molar-refractivity contribution is 0.169. The average Bonchev–Trinajstić information content (AvgIpc) is 2.40. The average molecular weight is 287 g/mol. The number of aryl methyl sites for hydroxylation is 1. The molecule has 20 heavy (non-hydrogen) atoms. The Hall–Kier alpha value is -0.940. The van der Waals surface area contributed by atoms with E-state index >= 15 is 0 Å². The van der Waals surface area contributed by atoms with Gasteiger partial charge in [0.15, 0.2) is 0 Å². The van der Waals surface area contributed by atoms with Crippen LogP contribution >= 0.6 is 11.8 Å². The minimum absolute atomic E-state index is 0.208. The quantitative estimate of drug-likeness (QED) is 0.723. The van der Waals surface area contributed by atoms with Crippen LogP contribution in [-0.2, 0) is 0 Å². The van der Waals surface area contributed by atoms with Crippen LogP contribution in [0.3, 0.4) is 0 Å². The predicted octanol–water partition coefficient (Wildman–Crippen LogP) is 5.44. The number of benzene rings is 1. The van der Waals surface area contributed by atoms with E-state index in [1.165, 1.54) is 23.3 Å². The summed E-state index contributed by atoms with van der Waals surface area (Å²) < 4.78 is 0. The molecule has 0 aliphatic heterocycles. The lowest BCUT2D eigenvalue weighted by atomic mass is 9.70. The Kier molecular flexibility index (Phi) is 4.81. The number of rotatable bonds is 2. The van der Waals surface area contributed by atoms with Crippen molar-refractivity contribution in [3.63, 3.8) is 0 Å². The van der Waals surface area contributed by atoms with Gasteiger partial charge in [-0.05, 0) is 49.7 Å². The summed E-state index contributed by atoms with van der Waals surface area (Å²) in [5.41, 5.74) is 1.65. The summed E-state index contributed by atoms with van der Waals surface area (Å²) >= 11 is 1.90. The van der Waals surface area contributed by atoms with E-state index in [4.69, 9.17) is 0 Å². The third-order valence-electron chi connectivity index (χ3n) is 4.49. The van der Waals surface area contributed by atoms with E-state index in [1.807, 2.05) is 11.8 Å². The zero-order valence-corrected chi connectivity index (χ0v) is 13.8. The summed E-state index contributed by atoms with van der Waals surface area (Å²) in [6.45, 7) is 9.11. The van der Waals surface area contributed by atoms with Crippen molar-refractivity contribution in [2.24, 2.45) is 17.3 Å². The van der Waals surface area contributed by atoms with Gasteiger partial charge in [-0.3, -0.25) is 0 Å². The maximum absolute atomic E-state index is 9.41. The first-order valence-electron chi connectivity index (χ1n) is 7.53. The second kappa shape index (κ2) is 6.22. The Bertz CT molecular complexity index is 478. The first-order valence-corrected chi connectivity index (χ1v) is 8.41. The van der Waals surface area contributed by atoms with E-state index in [0.29, 0.717) is 10.7 Å². The monoisotopic (exact) mass is 287 g/mol. The fraction of sp³-hybridized carbons (Fsp3) is 0.611. The van der Waals surface area contributed by atoms with Crippen molar-refractivity contribution in [2.45, 2.75) is 57.1 Å². The van der Waals surface area contributed by atoms with Crippen molar-refractivity contribution in [2.75, 3.05) is 0 Å². The number of nitriles is 1. The fourth-order valence-corrected chi connectivity index (χ4v) is 4.32. The first-order chi connectivity index (χ1) is 9.40. The fourth-order valence-electron chi connectivity index (χ4n) is 2.99. The number of thioether (sulfide) groups is 1. The van der Waals surface area contributed by atoms with Gasteiger partial charge in [0.25, 0.3) is 0 Å². The molecule has 0 bridgehead atoms. The molecule has 1 aliphatic carbocycles. The molecule has 1 nitrogen and oxygen atoms in total. The van der Waals surface area contributed by atoms with Crippen molar-refractivity contribution >= 4 is 11.8 Å². The highest BCUT2D eigenvalue weighted by atomic mass is 32.2. The van der Waals surface area contributed by atoms with E-state index in [0.717, 1.165) is 12.3 Å². The second-order valence-corrected chi connectivity index (χ2v) is 8.39. The van der Waals surface area contributed by atoms with Crippen molar-refractivity contribution in [3.8, 4) is 6.07 Å². The van der Waals surface area contributed by atoms with Crippen LogP contribution < -0.4 is 0 Å². The summed E-state index contributed by atoms with van der Waals surface area (Å²) in [6, 6.07) is 11.2. The Morgan fingerprint density at radius 3 is 2.35 bits per heavy atom. The largest absolute Gasteiger partial charge is 0.198 e. The molecule has 0 saturated heterocycles. The van der Waals surface area contributed by atoms with Crippen molar-refractivity contribution < 1.29 is 0 Å². The molecule has 0 aromatic heterocycles. The summed E-state index contributed by atoms with van der Waals surface area (Å²) in [6.07, 6.45) is 3.43. The molecule has 1 aromatic carbocycles. The van der Waals surface area contributed by atoms with Crippen molar-refractivity contribution in [3.05, 3.63) is 29.8 Å². The van der Waals surface area contributed by atoms with Gasteiger partial charge in [0.2, 0.25) is 0 Å². The molecule has 0 heterocycles. The molecule has 3 atom stereocenters. The highest BCUT2D eigenvalue weighted by Crippen LogP contribution is 2.45. The van der Waals surface area contributed by atoms with Crippen LogP contribution in [0.1, 0.15) is 45.6 Å². The molecular formula is C18H25NS. The van der Waals surface area contributed by atoms with E-state index in [2.05, 4.69) is 58.0 Å². The standard InChI is InChI=1S/C18H25NS/c1-13-5-9-16(10-6-13)20-17-11-15(18(2,3)4)8-7-14(17)12-19/h5-6,9-10,14-15,17H,7-8,11H2,1-4H3. The van der Waals surface area contributed by atoms with Crippen LogP contribution in [0.15, 0.2) is 29.2 Å². The smallest absolute Gasteiger partial charge is 0.0667 e. The molecule has 0 spiro atoms. The van der Waals surface area contributed by atoms with Gasteiger partial charge in [0.05, 0.1) is 12.0 Å². The maximum atomic E-state index is 9.41. The van der Waals surface area contributed by atoms with Gasteiger partial charge >= 0.3 is 0 Å². The zero-order valence-electron chi connectivity index (χ0n) is 13.0. The van der Waals surface area contributed by atoms with Crippen LogP contribution in [0.25, 0.3) is 0 Å². The number of hydrogen-bond acceptors (Lipinski definition) is 2. The zero-order chi connectivity index (χ0) is 14.8. The highest BCUT2D eigenvalue weighted by molar-refractivity contribution is 8.00. The van der Waals surface area contributed by atoms with Crippen molar-refractivity contribution in [1.29, 1.82) is 5.26 Å². The molecule has 2 rings (SSSR count). The van der Waals surface area contributed by atoms with E-state index < -0.39 is 0 Å². The van der Waals surface area contributed by atoms with Gasteiger partial charge in [-0.15, -0.1) is 11.8 Å². The molecule has 108 valence electrons. The summed E-state index contributed by atoms with van der Waals surface area (Å²) in [5.74, 6) is 0.940. The molecule has 2 heteroatoms. The minimum atomic E-state index is 0.208. The van der Waals surface area contributed by atoms with E-state index in [-0.39, 0.29) is 5.92 Å². The van der Waals surface area contributed by atoms with Crippen LogP contribution in [-0.4, -0.2) is 5.25 Å². The lowest BCUT2D eigenvalue weighted by Gasteiger charge is -2.39. The van der Waals surface area contributed by atoms with Crippen LogP contribution in [0, 0.1) is 35.5 Å². The highest BCUT2D eigenvalue weighted by Gasteiger charge is 2.36. The third-order valence-corrected chi connectivity index (χ3v) is 5.86. The molecule has 1 aliphatic rings. The van der Waals surface area contributed by atoms with Gasteiger partial charge in [0, 0.05) is 10.1 Å². The Morgan fingerprint density at radius 2 is 1.80 bits per heavy atom. The van der Waals surface area contributed by atoms with Gasteiger partial charge in [0.1, 0.15) is 0 Å². The van der Waals surface area contributed by atoms with E-state index in [9.17, 15) is 5.26 Å². The van der Waals surface area contributed by atoms with Gasteiger partial charge in [-0.25, -0.2) is 0 Å². The van der Waals surface area contributed by atoms with Gasteiger partial charge < -0.3 is 0 Å². The minimum Gasteiger partial charge on any atom is -0.198 e. The normalized spacial score (nSPS) is 27.1. The molecule has 1 fully saturated rings. The second-order valence-electron chi connectivity index (χ2n) is 7.08. The topological polar surface area (TPSA) is 23.8 Å². The lowest BCUT2D eigenvalue weighted by Crippen LogP contribution is -2.32. The molecule has 1 aromatic rings. The molecule has 1 saturated carbocycles. The third kappa shape index (κ3) is 3.79. The van der Waals surface area contributed by atoms with Crippen LogP contribution in [0.4, 0.5) is 0 Å². The molecule has 0 amide bonds. The maximum Gasteiger partial charge on any atom is 0.0667 e. The molecule has 0 radical (unpaired) electrons. The molecule has 3 unspecified atom stereocenters. The summed E-state index contributed by atoms with van der Waals surface area (Å²) in [5, 5.41) is 9.85. The van der Waals surface area contributed by atoms with Crippen LogP contribution in [0.2, 0.25) is 0 Å². The first kappa shape index (κ1) is 15.4. The Balaban J connectivity index is 2.09. The van der Waals surface area contributed by atoms with Crippen LogP contribution in [0.5, 0.6) is 0 Å². The summed E-state index contributed by atoms with van der Waals surface area (Å²) in [4.78, 5) is 1.30. The SMILES string of the molecule is Cc1ccc(SC2CC(C(C)(C)C)CCC2C#N)cc1. The number of hydrogen-bond donors (Lipinski definition) is 0. The predicted molar refractivity (Wildman–Crippen MR) is 86.7 cm³/mol. The summed E-state index contributed by atoms with van der Waals surface area (Å²) in [7, 11) is 0. The van der Waals surface area contributed by atoms with E-state index in [1.54, 1.807) is 0 Å². The Labute approximate surface area is 127 Å². The van der Waals surface area contributed by atoms with Crippen molar-refractivity contribution in [1.82, 2.24) is 0 Å². The molecule has 0 N–H and O–H groups in total. The van der Waals surface area contributed by atoms with Gasteiger partial charge in [-0.1, -0.05) is 38.5 Å². The Morgan fingerprint density at radius 1 is 1.15 bits per heavy atom. The molecular weight excluding hydrogens is 262 g/mol.